The van der Waals surface area contributed by atoms with E-state index in [9.17, 15) is 13.9 Å². The van der Waals surface area contributed by atoms with Crippen LogP contribution in [0.15, 0.2) is 36.4 Å². The number of aromatic nitrogens is 1. The lowest BCUT2D eigenvalue weighted by Gasteiger charge is -2.24. The van der Waals surface area contributed by atoms with Gasteiger partial charge in [-0.3, -0.25) is 4.90 Å². The van der Waals surface area contributed by atoms with Gasteiger partial charge in [0.2, 0.25) is 5.88 Å². The first-order chi connectivity index (χ1) is 11.1. The normalized spacial score (nSPS) is 21.6. The third kappa shape index (κ3) is 3.48. The highest BCUT2D eigenvalue weighted by Gasteiger charge is 2.34. The molecule has 1 aliphatic rings. The van der Waals surface area contributed by atoms with Crippen molar-refractivity contribution in [2.24, 2.45) is 0 Å². The molecule has 2 aromatic rings. The Balaban J connectivity index is 1.86. The number of nitrogens with zero attached hydrogens (tertiary/aromatic N) is 2. The number of hydrogen-bond acceptors (Lipinski definition) is 4. The first kappa shape index (κ1) is 15.8. The lowest BCUT2D eigenvalue weighted by Crippen LogP contribution is -2.25. The molecule has 0 bridgehead atoms. The highest BCUT2D eigenvalue weighted by molar-refractivity contribution is 5.24. The SMILES string of the molecule is COc1cccc(CN2C[C@H](O)C[C@@H]2c2cc(F)ccc2F)n1. The van der Waals surface area contributed by atoms with Crippen molar-refractivity contribution in [3.63, 3.8) is 0 Å². The highest BCUT2D eigenvalue weighted by Crippen LogP contribution is 2.35. The van der Waals surface area contributed by atoms with E-state index in [1.807, 2.05) is 17.0 Å². The van der Waals surface area contributed by atoms with Crippen LogP contribution in [0, 0.1) is 11.6 Å². The molecule has 1 aromatic carbocycles. The molecular weight excluding hydrogens is 302 g/mol. The molecule has 0 radical (unpaired) electrons. The van der Waals surface area contributed by atoms with Gasteiger partial charge in [0.15, 0.2) is 0 Å². The Kier molecular flexibility index (Phi) is 4.54. The Morgan fingerprint density at radius 3 is 2.91 bits per heavy atom. The number of rotatable bonds is 4. The van der Waals surface area contributed by atoms with E-state index in [2.05, 4.69) is 4.98 Å². The zero-order valence-electron chi connectivity index (χ0n) is 12.7. The Hall–Kier alpha value is -2.05. The molecule has 0 unspecified atom stereocenters. The van der Waals surface area contributed by atoms with E-state index in [4.69, 9.17) is 4.74 Å². The van der Waals surface area contributed by atoms with Gasteiger partial charge in [-0.15, -0.1) is 0 Å². The molecule has 1 saturated heterocycles. The van der Waals surface area contributed by atoms with Gasteiger partial charge in [0.1, 0.15) is 11.6 Å². The summed E-state index contributed by atoms with van der Waals surface area (Å²) in [6.07, 6.45) is -0.210. The van der Waals surface area contributed by atoms with Crippen LogP contribution in [0.1, 0.15) is 23.7 Å². The minimum atomic E-state index is -0.576. The van der Waals surface area contributed by atoms with Crippen LogP contribution in [0.3, 0.4) is 0 Å². The van der Waals surface area contributed by atoms with Gasteiger partial charge < -0.3 is 9.84 Å². The number of halogens is 2. The third-order valence-electron chi connectivity index (χ3n) is 4.05. The first-order valence-electron chi connectivity index (χ1n) is 7.44. The van der Waals surface area contributed by atoms with Crippen molar-refractivity contribution in [2.45, 2.75) is 25.1 Å². The fourth-order valence-electron chi connectivity index (χ4n) is 3.02. The average molecular weight is 320 g/mol. The van der Waals surface area contributed by atoms with Crippen molar-refractivity contribution < 1.29 is 18.6 Å². The molecule has 1 fully saturated rings. The Bertz CT molecular complexity index is 696. The fraction of sp³-hybridized carbons (Fsp3) is 0.353. The summed E-state index contributed by atoms with van der Waals surface area (Å²) >= 11 is 0. The maximum Gasteiger partial charge on any atom is 0.213 e. The Morgan fingerprint density at radius 2 is 2.13 bits per heavy atom. The number of aliphatic hydroxyl groups is 1. The van der Waals surface area contributed by atoms with Gasteiger partial charge in [-0.1, -0.05) is 6.07 Å². The lowest BCUT2D eigenvalue weighted by molar-refractivity contribution is 0.171. The van der Waals surface area contributed by atoms with Gasteiger partial charge in [0, 0.05) is 30.8 Å². The van der Waals surface area contributed by atoms with Crippen LogP contribution in [-0.2, 0) is 6.54 Å². The average Bonchev–Trinajstić information content (AvgIpc) is 2.90. The number of ether oxygens (including phenoxy) is 1. The summed E-state index contributed by atoms with van der Waals surface area (Å²) < 4.78 is 32.6. The second-order valence-electron chi connectivity index (χ2n) is 5.67. The van der Waals surface area contributed by atoms with Gasteiger partial charge in [-0.2, -0.15) is 0 Å². The summed E-state index contributed by atoms with van der Waals surface area (Å²) in [6.45, 7) is 0.814. The molecule has 3 rings (SSSR count). The maximum atomic E-state index is 14.1. The second kappa shape index (κ2) is 6.60. The number of aliphatic hydroxyl groups excluding tert-OH is 1. The predicted molar refractivity (Wildman–Crippen MR) is 80.9 cm³/mol. The number of likely N-dealkylation sites (tertiary alicyclic amines) is 1. The van der Waals surface area contributed by atoms with Crippen molar-refractivity contribution in [3.05, 3.63) is 59.3 Å². The first-order valence-corrected chi connectivity index (χ1v) is 7.44. The van der Waals surface area contributed by atoms with E-state index in [0.717, 1.165) is 17.8 Å². The third-order valence-corrected chi connectivity index (χ3v) is 4.05. The monoisotopic (exact) mass is 320 g/mol. The molecule has 23 heavy (non-hydrogen) atoms. The summed E-state index contributed by atoms with van der Waals surface area (Å²) in [7, 11) is 1.54. The van der Waals surface area contributed by atoms with Gasteiger partial charge >= 0.3 is 0 Å². The molecule has 122 valence electrons. The molecular formula is C17H18F2N2O2. The van der Waals surface area contributed by atoms with Gasteiger partial charge in [-0.25, -0.2) is 13.8 Å². The Labute approximate surface area is 133 Å². The molecule has 2 heterocycles. The van der Waals surface area contributed by atoms with Gasteiger partial charge in [0.05, 0.1) is 18.9 Å². The van der Waals surface area contributed by atoms with E-state index < -0.39 is 17.7 Å². The molecule has 1 aliphatic heterocycles. The van der Waals surface area contributed by atoms with Gasteiger partial charge in [0.25, 0.3) is 0 Å². The molecule has 1 N–H and O–H groups in total. The number of pyridine rings is 1. The van der Waals surface area contributed by atoms with Crippen molar-refractivity contribution in [1.82, 2.24) is 9.88 Å². The van der Waals surface area contributed by atoms with Crippen molar-refractivity contribution >= 4 is 0 Å². The lowest BCUT2D eigenvalue weighted by atomic mass is 10.0. The number of β-amino-alcohol motifs (C(OH)–C–C–N with tert-alkyl or cyclic N) is 1. The minimum Gasteiger partial charge on any atom is -0.481 e. The molecule has 0 saturated carbocycles. The minimum absolute atomic E-state index is 0.268. The number of hydrogen-bond donors (Lipinski definition) is 1. The van der Waals surface area contributed by atoms with Crippen LogP contribution in [0.4, 0.5) is 8.78 Å². The van der Waals surface area contributed by atoms with Crippen LogP contribution < -0.4 is 4.74 Å². The molecule has 2 atom stereocenters. The largest absolute Gasteiger partial charge is 0.481 e. The summed E-state index contributed by atoms with van der Waals surface area (Å²) in [5.74, 6) is -0.452. The van der Waals surface area contributed by atoms with Crippen LogP contribution in [-0.4, -0.2) is 34.7 Å². The zero-order chi connectivity index (χ0) is 16.4. The van der Waals surface area contributed by atoms with Gasteiger partial charge in [-0.05, 0) is 30.7 Å². The van der Waals surface area contributed by atoms with Crippen LogP contribution >= 0.6 is 0 Å². The zero-order valence-corrected chi connectivity index (χ0v) is 12.7. The van der Waals surface area contributed by atoms with Crippen molar-refractivity contribution in [3.8, 4) is 5.88 Å². The second-order valence-corrected chi connectivity index (χ2v) is 5.67. The topological polar surface area (TPSA) is 45.6 Å². The summed E-state index contributed by atoms with van der Waals surface area (Å²) in [6, 6.07) is 8.44. The van der Waals surface area contributed by atoms with Crippen molar-refractivity contribution in [1.29, 1.82) is 0 Å². The quantitative estimate of drug-likeness (QED) is 0.941. The van der Waals surface area contributed by atoms with E-state index in [-0.39, 0.29) is 11.6 Å². The van der Waals surface area contributed by atoms with E-state index in [1.54, 1.807) is 6.07 Å². The van der Waals surface area contributed by atoms with E-state index in [0.29, 0.717) is 25.4 Å². The fourth-order valence-corrected chi connectivity index (χ4v) is 3.02. The molecule has 0 amide bonds. The standard InChI is InChI=1S/C17H18F2N2O2/c1-23-17-4-2-3-12(20-17)9-21-10-13(22)8-16(21)14-7-11(18)5-6-15(14)19/h2-7,13,16,22H,8-10H2,1H3/t13-,16-/m1/s1. The summed E-state index contributed by atoms with van der Waals surface area (Å²) in [4.78, 5) is 6.24. The molecule has 0 spiro atoms. The molecule has 0 aliphatic carbocycles. The maximum absolute atomic E-state index is 14.1. The number of methoxy groups -OCH3 is 1. The van der Waals surface area contributed by atoms with Crippen LogP contribution in [0.25, 0.3) is 0 Å². The smallest absolute Gasteiger partial charge is 0.213 e. The predicted octanol–water partition coefficient (Wildman–Crippen LogP) is 2.68. The summed E-state index contributed by atoms with van der Waals surface area (Å²) in [5, 5.41) is 9.97. The number of benzene rings is 1. The van der Waals surface area contributed by atoms with Crippen LogP contribution in [0.5, 0.6) is 5.88 Å². The van der Waals surface area contributed by atoms with E-state index in [1.165, 1.54) is 13.2 Å². The van der Waals surface area contributed by atoms with Crippen LogP contribution in [0.2, 0.25) is 0 Å². The van der Waals surface area contributed by atoms with Crippen molar-refractivity contribution in [2.75, 3.05) is 13.7 Å². The summed E-state index contributed by atoms with van der Waals surface area (Å²) in [5.41, 5.74) is 1.02. The molecule has 6 heteroatoms. The highest BCUT2D eigenvalue weighted by atomic mass is 19.1. The Morgan fingerprint density at radius 1 is 1.30 bits per heavy atom. The molecule has 4 nitrogen and oxygen atoms in total. The van der Waals surface area contributed by atoms with E-state index >= 15 is 0 Å². The molecule has 1 aromatic heterocycles.